The highest BCUT2D eigenvalue weighted by atomic mass is 16.5. The summed E-state index contributed by atoms with van der Waals surface area (Å²) in [4.78, 5) is 14.0. The zero-order valence-electron chi connectivity index (χ0n) is 11.2. The van der Waals surface area contributed by atoms with Crippen molar-refractivity contribution in [3.63, 3.8) is 0 Å². The van der Waals surface area contributed by atoms with Crippen LogP contribution in [-0.2, 0) is 0 Å². The summed E-state index contributed by atoms with van der Waals surface area (Å²) in [6.45, 7) is 2.75. The summed E-state index contributed by atoms with van der Waals surface area (Å²) < 4.78 is 5.00. The summed E-state index contributed by atoms with van der Waals surface area (Å²) in [6.07, 6.45) is 1.09. The number of nitrogens with zero attached hydrogens (tertiary/aromatic N) is 1. The van der Waals surface area contributed by atoms with Gasteiger partial charge in [-0.25, -0.2) is 0 Å². The molecule has 0 saturated carbocycles. The van der Waals surface area contributed by atoms with Gasteiger partial charge in [0.25, 0.3) is 5.91 Å². The fourth-order valence-corrected chi connectivity index (χ4v) is 2.22. The number of carbonyl (C=O) groups is 1. The minimum absolute atomic E-state index is 0.132. The van der Waals surface area contributed by atoms with Crippen LogP contribution in [0.1, 0.15) is 30.1 Å². The Labute approximate surface area is 112 Å². The third-order valence-electron chi connectivity index (χ3n) is 3.58. The van der Waals surface area contributed by atoms with E-state index in [4.69, 9.17) is 4.74 Å². The smallest absolute Gasteiger partial charge is 0.257 e. The maximum Gasteiger partial charge on any atom is 0.257 e. The van der Waals surface area contributed by atoms with E-state index in [-0.39, 0.29) is 23.0 Å². The molecule has 1 saturated heterocycles. The molecular formula is C14H19NO4. The number of aliphatic hydroxyl groups is 1. The highest BCUT2D eigenvalue weighted by Crippen LogP contribution is 2.31. The van der Waals surface area contributed by atoms with E-state index in [1.165, 1.54) is 7.11 Å². The summed E-state index contributed by atoms with van der Waals surface area (Å²) in [7, 11) is 1.45. The van der Waals surface area contributed by atoms with Crippen molar-refractivity contribution in [2.75, 3.05) is 20.2 Å². The second kappa shape index (κ2) is 5.09. The Morgan fingerprint density at radius 3 is 2.58 bits per heavy atom. The third kappa shape index (κ3) is 2.81. The average Bonchev–Trinajstić information content (AvgIpc) is 2.38. The minimum atomic E-state index is -0.701. The first-order valence-electron chi connectivity index (χ1n) is 6.32. The molecule has 0 spiro atoms. The highest BCUT2D eigenvalue weighted by Gasteiger charge is 2.31. The zero-order valence-corrected chi connectivity index (χ0v) is 11.2. The monoisotopic (exact) mass is 265 g/mol. The number of phenolic OH excluding ortho intramolecular Hbond substituents is 1. The van der Waals surface area contributed by atoms with Crippen molar-refractivity contribution >= 4 is 5.91 Å². The first-order chi connectivity index (χ1) is 8.94. The van der Waals surface area contributed by atoms with Crippen molar-refractivity contribution in [3.8, 4) is 11.5 Å². The molecule has 1 heterocycles. The topological polar surface area (TPSA) is 70.0 Å². The van der Waals surface area contributed by atoms with Crippen LogP contribution < -0.4 is 4.74 Å². The first kappa shape index (κ1) is 13.7. The number of para-hydroxylation sites is 1. The number of hydrogen-bond donors (Lipinski definition) is 2. The Hall–Kier alpha value is -1.75. The molecular weight excluding hydrogens is 246 g/mol. The number of phenols is 1. The SMILES string of the molecule is COc1cccc(C(=O)N2CCC(C)(O)CC2)c1O. The molecule has 1 aliphatic heterocycles. The molecule has 0 bridgehead atoms. The number of piperidine rings is 1. The predicted octanol–water partition coefficient (Wildman–Crippen LogP) is 1.39. The number of methoxy groups -OCH3 is 1. The first-order valence-corrected chi connectivity index (χ1v) is 6.32. The number of hydrogen-bond acceptors (Lipinski definition) is 4. The standard InChI is InChI=1S/C14H19NO4/c1-14(18)6-8-15(9-7-14)13(17)10-4-3-5-11(19-2)12(10)16/h3-5,16,18H,6-9H2,1-2H3. The van der Waals surface area contributed by atoms with E-state index in [1.807, 2.05) is 0 Å². The molecule has 0 aromatic heterocycles. The fourth-order valence-electron chi connectivity index (χ4n) is 2.22. The quantitative estimate of drug-likeness (QED) is 0.847. The zero-order chi connectivity index (χ0) is 14.0. The fraction of sp³-hybridized carbons (Fsp3) is 0.500. The molecule has 19 heavy (non-hydrogen) atoms. The highest BCUT2D eigenvalue weighted by molar-refractivity contribution is 5.97. The van der Waals surface area contributed by atoms with Crippen LogP contribution in [0.4, 0.5) is 0 Å². The number of likely N-dealkylation sites (tertiary alicyclic amines) is 1. The van der Waals surface area contributed by atoms with E-state index in [0.717, 1.165) is 0 Å². The van der Waals surface area contributed by atoms with Gasteiger partial charge in [0.2, 0.25) is 0 Å². The number of ether oxygens (including phenoxy) is 1. The maximum absolute atomic E-state index is 12.3. The maximum atomic E-state index is 12.3. The summed E-state index contributed by atoms with van der Waals surface area (Å²) in [5, 5.41) is 19.8. The van der Waals surface area contributed by atoms with E-state index in [1.54, 1.807) is 30.0 Å². The number of benzene rings is 1. The van der Waals surface area contributed by atoms with Crippen molar-refractivity contribution < 1.29 is 19.7 Å². The Balaban J connectivity index is 2.17. The second-order valence-corrected chi connectivity index (χ2v) is 5.15. The van der Waals surface area contributed by atoms with Gasteiger partial charge in [-0.3, -0.25) is 4.79 Å². The van der Waals surface area contributed by atoms with Gasteiger partial charge in [0.1, 0.15) is 0 Å². The van der Waals surface area contributed by atoms with Gasteiger partial charge in [0.05, 0.1) is 18.3 Å². The molecule has 104 valence electrons. The summed E-state index contributed by atoms with van der Waals surface area (Å²) in [5.41, 5.74) is -0.464. The van der Waals surface area contributed by atoms with Gasteiger partial charge in [-0.1, -0.05) is 6.07 Å². The molecule has 1 aromatic rings. The van der Waals surface area contributed by atoms with Crippen molar-refractivity contribution in [3.05, 3.63) is 23.8 Å². The molecule has 0 radical (unpaired) electrons. The lowest BCUT2D eigenvalue weighted by molar-refractivity contribution is -0.00209. The molecule has 1 aromatic carbocycles. The van der Waals surface area contributed by atoms with Crippen LogP contribution in [0, 0.1) is 0 Å². The Kier molecular flexibility index (Phi) is 3.66. The molecule has 5 heteroatoms. The number of carbonyl (C=O) groups excluding carboxylic acids is 1. The van der Waals surface area contributed by atoms with Gasteiger partial charge >= 0.3 is 0 Å². The summed E-state index contributed by atoms with van der Waals surface area (Å²) in [6, 6.07) is 4.85. The van der Waals surface area contributed by atoms with E-state index in [0.29, 0.717) is 25.9 Å². The average molecular weight is 265 g/mol. The molecule has 2 rings (SSSR count). The number of aromatic hydroxyl groups is 1. The van der Waals surface area contributed by atoms with Gasteiger partial charge in [0.15, 0.2) is 11.5 Å². The van der Waals surface area contributed by atoms with Crippen LogP contribution >= 0.6 is 0 Å². The van der Waals surface area contributed by atoms with Crippen LogP contribution in [0.25, 0.3) is 0 Å². The van der Waals surface area contributed by atoms with Gasteiger partial charge in [-0.05, 0) is 31.9 Å². The van der Waals surface area contributed by atoms with E-state index >= 15 is 0 Å². The second-order valence-electron chi connectivity index (χ2n) is 5.15. The van der Waals surface area contributed by atoms with Crippen LogP contribution in [0.2, 0.25) is 0 Å². The molecule has 5 nitrogen and oxygen atoms in total. The minimum Gasteiger partial charge on any atom is -0.504 e. The predicted molar refractivity (Wildman–Crippen MR) is 70.4 cm³/mol. The van der Waals surface area contributed by atoms with Crippen LogP contribution in [0.3, 0.4) is 0 Å². The van der Waals surface area contributed by atoms with Crippen LogP contribution in [-0.4, -0.2) is 46.8 Å². The normalized spacial score (nSPS) is 18.2. The molecule has 1 amide bonds. The van der Waals surface area contributed by atoms with Crippen molar-refractivity contribution in [1.82, 2.24) is 4.90 Å². The molecule has 0 aliphatic carbocycles. The largest absolute Gasteiger partial charge is 0.504 e. The lowest BCUT2D eigenvalue weighted by Crippen LogP contribution is -2.45. The van der Waals surface area contributed by atoms with Gasteiger partial charge in [-0.2, -0.15) is 0 Å². The van der Waals surface area contributed by atoms with Crippen LogP contribution in [0.15, 0.2) is 18.2 Å². The Morgan fingerprint density at radius 1 is 1.37 bits per heavy atom. The molecule has 1 aliphatic rings. The van der Waals surface area contributed by atoms with Gasteiger partial charge in [-0.15, -0.1) is 0 Å². The molecule has 0 atom stereocenters. The molecule has 0 unspecified atom stereocenters. The molecule has 1 fully saturated rings. The van der Waals surface area contributed by atoms with E-state index in [9.17, 15) is 15.0 Å². The van der Waals surface area contributed by atoms with Crippen molar-refractivity contribution in [2.45, 2.75) is 25.4 Å². The summed E-state index contributed by atoms with van der Waals surface area (Å²) in [5.74, 6) is -0.0749. The van der Waals surface area contributed by atoms with Gasteiger partial charge in [0, 0.05) is 13.1 Å². The lowest BCUT2D eigenvalue weighted by Gasteiger charge is -2.35. The van der Waals surface area contributed by atoms with E-state index < -0.39 is 5.60 Å². The third-order valence-corrected chi connectivity index (χ3v) is 3.58. The Morgan fingerprint density at radius 2 is 2.00 bits per heavy atom. The number of amides is 1. The van der Waals surface area contributed by atoms with E-state index in [2.05, 4.69) is 0 Å². The van der Waals surface area contributed by atoms with Gasteiger partial charge < -0.3 is 19.8 Å². The van der Waals surface area contributed by atoms with Crippen molar-refractivity contribution in [2.24, 2.45) is 0 Å². The van der Waals surface area contributed by atoms with Crippen LogP contribution in [0.5, 0.6) is 11.5 Å². The Bertz CT molecular complexity index is 474. The van der Waals surface area contributed by atoms with Crippen molar-refractivity contribution in [1.29, 1.82) is 0 Å². The number of rotatable bonds is 2. The summed E-state index contributed by atoms with van der Waals surface area (Å²) >= 11 is 0. The molecule has 2 N–H and O–H groups in total. The lowest BCUT2D eigenvalue weighted by atomic mass is 9.93.